The number of aromatic nitrogens is 4. The third kappa shape index (κ3) is 1.46. The Labute approximate surface area is 85.4 Å². The monoisotopic (exact) mass is 171 g/mol. The Kier molecular flexibility index (Phi) is 2.45. The molecule has 0 amide bonds. The zero-order chi connectivity index (χ0) is 8.72. The summed E-state index contributed by atoms with van der Waals surface area (Å²) >= 11 is 0. The van der Waals surface area contributed by atoms with Crippen LogP contribution in [0.15, 0.2) is 11.1 Å². The maximum absolute atomic E-state index is 11.1. The molecule has 7 heteroatoms. The molecule has 0 unspecified atom stereocenters. The fourth-order valence-corrected chi connectivity index (χ4v) is 1.02. The fraction of sp³-hybridized carbons (Fsp3) is 0.167. The second kappa shape index (κ2) is 3.24. The van der Waals surface area contributed by atoms with Gasteiger partial charge in [-0.2, -0.15) is 0 Å². The first-order chi connectivity index (χ1) is 5.68. The first-order valence-electron chi connectivity index (χ1n) is 3.31. The van der Waals surface area contributed by atoms with E-state index in [-0.39, 0.29) is 35.9 Å². The maximum atomic E-state index is 11.1. The van der Waals surface area contributed by atoms with Gasteiger partial charge < -0.3 is 20.3 Å². The molecule has 0 aliphatic heterocycles. The van der Waals surface area contributed by atoms with Gasteiger partial charge in [0.15, 0.2) is 0 Å². The number of aromatic amines is 1. The van der Waals surface area contributed by atoms with E-state index in [0.29, 0.717) is 5.65 Å². The van der Waals surface area contributed by atoms with Crippen LogP contribution < -0.4 is 24.4 Å². The fourth-order valence-electron chi connectivity index (χ4n) is 1.02. The molecular weight excluding hydrogens is 165 g/mol. The number of imidazole rings is 1. The van der Waals surface area contributed by atoms with Crippen molar-refractivity contribution in [3.05, 3.63) is 22.4 Å². The summed E-state index contributed by atoms with van der Waals surface area (Å²) in [5.41, 5.74) is 7.48. The number of nitrogens with one attached hydrogen (secondary N) is 2. The summed E-state index contributed by atoms with van der Waals surface area (Å²) in [5, 5.41) is 0. The van der Waals surface area contributed by atoms with Gasteiger partial charge in [-0.05, 0) is 0 Å². The molecule has 2 aromatic heterocycles. The summed E-state index contributed by atoms with van der Waals surface area (Å²) in [6, 6.07) is 0. The van der Waals surface area contributed by atoms with Crippen molar-refractivity contribution >= 4 is 17.1 Å². The molecule has 0 aliphatic carbocycles. The molecule has 0 saturated carbocycles. The van der Waals surface area contributed by atoms with E-state index in [1.54, 1.807) is 11.6 Å². The number of fused-ring (bicyclic) bond motifs is 1. The SMILES string of the molecule is Cn1cnc2c(=O)[nH]c([NH-])nc21.[Li+]. The van der Waals surface area contributed by atoms with Crippen LogP contribution in [-0.4, -0.2) is 19.5 Å². The Hall–Kier alpha value is -1.25. The summed E-state index contributed by atoms with van der Waals surface area (Å²) in [5.74, 6) is -0.142. The van der Waals surface area contributed by atoms with Crippen molar-refractivity contribution in [2.24, 2.45) is 7.05 Å². The van der Waals surface area contributed by atoms with Crippen molar-refractivity contribution in [2.45, 2.75) is 0 Å². The van der Waals surface area contributed by atoms with Gasteiger partial charge in [-0.3, -0.25) is 4.79 Å². The van der Waals surface area contributed by atoms with E-state index in [0.717, 1.165) is 0 Å². The van der Waals surface area contributed by atoms with Gasteiger partial charge in [0.2, 0.25) is 5.56 Å². The molecule has 13 heavy (non-hydrogen) atoms. The van der Waals surface area contributed by atoms with Crippen LogP contribution in [0, 0.1) is 0 Å². The van der Waals surface area contributed by atoms with Crippen LogP contribution in [0.25, 0.3) is 16.9 Å². The van der Waals surface area contributed by atoms with E-state index in [1.165, 1.54) is 6.33 Å². The molecule has 0 saturated heterocycles. The molecule has 2 heterocycles. The number of H-pyrrole nitrogens is 1. The van der Waals surface area contributed by atoms with Crippen molar-refractivity contribution in [3.63, 3.8) is 0 Å². The Morgan fingerprint density at radius 1 is 1.62 bits per heavy atom. The molecule has 62 valence electrons. The third-order valence-electron chi connectivity index (χ3n) is 1.57. The second-order valence-electron chi connectivity index (χ2n) is 2.44. The van der Waals surface area contributed by atoms with E-state index in [4.69, 9.17) is 5.73 Å². The topological polar surface area (TPSA) is 87.4 Å². The van der Waals surface area contributed by atoms with Gasteiger partial charge in [0.05, 0.1) is 12.0 Å². The summed E-state index contributed by atoms with van der Waals surface area (Å²) in [4.78, 5) is 21.0. The maximum Gasteiger partial charge on any atom is 1.00 e. The minimum absolute atomic E-state index is 0. The van der Waals surface area contributed by atoms with E-state index in [2.05, 4.69) is 15.0 Å². The van der Waals surface area contributed by atoms with E-state index < -0.39 is 0 Å². The van der Waals surface area contributed by atoms with Crippen LogP contribution in [0.5, 0.6) is 0 Å². The number of nitrogens with zero attached hydrogens (tertiary/aromatic N) is 3. The van der Waals surface area contributed by atoms with Crippen LogP contribution in [0.3, 0.4) is 0 Å². The van der Waals surface area contributed by atoms with Gasteiger partial charge >= 0.3 is 18.9 Å². The van der Waals surface area contributed by atoms with Crippen molar-refractivity contribution in [2.75, 3.05) is 0 Å². The quantitative estimate of drug-likeness (QED) is 0.439. The van der Waals surface area contributed by atoms with Gasteiger partial charge in [0.25, 0.3) is 0 Å². The number of aryl methyl sites for hydroxylation is 1. The Morgan fingerprint density at radius 2 is 2.31 bits per heavy atom. The molecule has 6 nitrogen and oxygen atoms in total. The average molecular weight is 171 g/mol. The van der Waals surface area contributed by atoms with Crippen LogP contribution in [0.1, 0.15) is 0 Å². The standard InChI is InChI=1S/C6H7N5O.Li/c1-11-2-8-3-4(11)9-6(7)10-5(3)12;/h2H,1H3,(H3,7,9,10,12);/q;+1/p-1. The van der Waals surface area contributed by atoms with E-state index in [9.17, 15) is 4.79 Å². The van der Waals surface area contributed by atoms with E-state index in [1.807, 2.05) is 0 Å². The number of rotatable bonds is 0. The first kappa shape index (κ1) is 9.83. The second-order valence-corrected chi connectivity index (χ2v) is 2.44. The van der Waals surface area contributed by atoms with Crippen molar-refractivity contribution < 1.29 is 18.9 Å². The van der Waals surface area contributed by atoms with Crippen molar-refractivity contribution in [1.82, 2.24) is 19.5 Å². The van der Waals surface area contributed by atoms with Crippen molar-refractivity contribution in [1.29, 1.82) is 0 Å². The molecule has 0 spiro atoms. The largest absolute Gasteiger partial charge is 1.00 e. The summed E-state index contributed by atoms with van der Waals surface area (Å²) in [7, 11) is 1.72. The smallest absolute Gasteiger partial charge is 0.411 e. The molecule has 0 radical (unpaired) electrons. The van der Waals surface area contributed by atoms with Gasteiger partial charge in [0.1, 0.15) is 5.52 Å². The molecular formula is C6H6LiN5O. The van der Waals surface area contributed by atoms with Crippen LogP contribution in [-0.2, 0) is 7.05 Å². The zero-order valence-corrected chi connectivity index (χ0v) is 7.33. The van der Waals surface area contributed by atoms with Crippen LogP contribution >= 0.6 is 0 Å². The predicted molar refractivity (Wildman–Crippen MR) is 43.1 cm³/mol. The molecule has 2 rings (SSSR count). The summed E-state index contributed by atoms with van der Waals surface area (Å²) in [6.45, 7) is 0. The third-order valence-corrected chi connectivity index (χ3v) is 1.57. The minimum Gasteiger partial charge on any atom is -0.411 e. The molecule has 0 fully saturated rings. The first-order valence-corrected chi connectivity index (χ1v) is 3.31. The molecule has 0 bridgehead atoms. The Morgan fingerprint density at radius 3 is 3.00 bits per heavy atom. The normalized spacial score (nSPS) is 9.92. The molecule has 0 aromatic carbocycles. The van der Waals surface area contributed by atoms with Crippen LogP contribution in [0.2, 0.25) is 0 Å². The number of hydrogen-bond donors (Lipinski definition) is 1. The van der Waals surface area contributed by atoms with Gasteiger partial charge in [0, 0.05) is 13.0 Å². The summed E-state index contributed by atoms with van der Waals surface area (Å²) < 4.78 is 1.60. The Bertz CT molecular complexity index is 487. The van der Waals surface area contributed by atoms with Gasteiger partial charge in [-0.25, -0.2) is 4.98 Å². The Balaban J connectivity index is 0.000000845. The van der Waals surface area contributed by atoms with E-state index >= 15 is 0 Å². The van der Waals surface area contributed by atoms with Gasteiger partial charge in [-0.15, -0.1) is 0 Å². The molecule has 0 atom stereocenters. The molecule has 2 N–H and O–H groups in total. The molecule has 0 aliphatic rings. The predicted octanol–water partition coefficient (Wildman–Crippen LogP) is -2.66. The number of hydrogen-bond acceptors (Lipinski definition) is 3. The summed E-state index contributed by atoms with van der Waals surface area (Å²) in [6.07, 6.45) is 1.49. The zero-order valence-electron chi connectivity index (χ0n) is 7.33. The minimum atomic E-state index is -0.370. The van der Waals surface area contributed by atoms with Gasteiger partial charge in [-0.1, -0.05) is 0 Å². The molecule has 2 aromatic rings. The average Bonchev–Trinajstić information content (AvgIpc) is 2.33. The van der Waals surface area contributed by atoms with Crippen LogP contribution in [0.4, 0.5) is 5.95 Å². The van der Waals surface area contributed by atoms with Crippen molar-refractivity contribution in [3.8, 4) is 0 Å².